The molecule has 2 rings (SSSR count). The van der Waals surface area contributed by atoms with Crippen LogP contribution in [0.25, 0.3) is 0 Å². The van der Waals surface area contributed by atoms with Crippen LogP contribution in [-0.4, -0.2) is 58.6 Å². The van der Waals surface area contributed by atoms with Crippen LogP contribution in [0.1, 0.15) is 6.92 Å². The van der Waals surface area contributed by atoms with Gasteiger partial charge in [-0.15, -0.1) is 12.4 Å². The summed E-state index contributed by atoms with van der Waals surface area (Å²) in [5.74, 6) is -0.407. The number of nitrogens with zero attached hydrogens (tertiary/aromatic N) is 1. The molecule has 3 N–H and O–H groups in total. The Balaban J connectivity index is 0.00000312. The zero-order chi connectivity index (χ0) is 17.7. The van der Waals surface area contributed by atoms with Crippen molar-refractivity contribution in [2.75, 3.05) is 45.3 Å². The number of sulfonamides is 1. The van der Waals surface area contributed by atoms with Gasteiger partial charge in [-0.1, -0.05) is 6.92 Å². The fourth-order valence-corrected chi connectivity index (χ4v) is 3.84. The Labute approximate surface area is 154 Å². The summed E-state index contributed by atoms with van der Waals surface area (Å²) in [7, 11) is -2.33. The lowest BCUT2D eigenvalue weighted by Gasteiger charge is -2.27. The van der Waals surface area contributed by atoms with Crippen molar-refractivity contribution in [1.29, 1.82) is 0 Å². The predicted octanol–water partition coefficient (Wildman–Crippen LogP) is 0.671. The fourth-order valence-electron chi connectivity index (χ4n) is 2.25. The number of rotatable bonds is 6. The molecule has 1 saturated heterocycles. The van der Waals surface area contributed by atoms with Crippen LogP contribution in [0, 0.1) is 5.92 Å². The minimum absolute atomic E-state index is 0. The Morgan fingerprint density at radius 3 is 2.60 bits per heavy atom. The molecule has 1 aliphatic heterocycles. The average Bonchev–Trinajstić information content (AvgIpc) is 2.61. The topological polar surface area (TPSA) is 111 Å². The van der Waals surface area contributed by atoms with Gasteiger partial charge < -0.3 is 20.5 Å². The second-order valence-corrected chi connectivity index (χ2v) is 7.41. The third-order valence-corrected chi connectivity index (χ3v) is 5.74. The Morgan fingerprint density at radius 1 is 1.40 bits per heavy atom. The van der Waals surface area contributed by atoms with Crippen LogP contribution in [-0.2, 0) is 19.6 Å². The summed E-state index contributed by atoms with van der Waals surface area (Å²) in [6, 6.07) is 4.53. The van der Waals surface area contributed by atoms with E-state index in [4.69, 9.17) is 15.2 Å². The van der Waals surface area contributed by atoms with Gasteiger partial charge in [-0.05, 0) is 18.2 Å². The lowest BCUT2D eigenvalue weighted by molar-refractivity contribution is -0.119. The summed E-state index contributed by atoms with van der Waals surface area (Å²) in [4.78, 5) is 12.0. The first-order chi connectivity index (χ1) is 11.4. The number of halogens is 1. The van der Waals surface area contributed by atoms with E-state index in [1.807, 2.05) is 0 Å². The maximum atomic E-state index is 12.9. The zero-order valence-electron chi connectivity index (χ0n) is 14.2. The maximum Gasteiger partial charge on any atom is 0.246 e. The summed E-state index contributed by atoms with van der Waals surface area (Å²) in [6.07, 6.45) is 0. The first kappa shape index (κ1) is 21.7. The number of hydrogen-bond donors (Lipinski definition) is 2. The van der Waals surface area contributed by atoms with Crippen LogP contribution in [0.3, 0.4) is 0 Å². The average molecular weight is 394 g/mol. The van der Waals surface area contributed by atoms with Gasteiger partial charge in [-0.2, -0.15) is 4.31 Å². The van der Waals surface area contributed by atoms with Crippen LogP contribution >= 0.6 is 12.4 Å². The van der Waals surface area contributed by atoms with Gasteiger partial charge >= 0.3 is 0 Å². The maximum absolute atomic E-state index is 12.9. The molecule has 0 saturated carbocycles. The van der Waals surface area contributed by atoms with E-state index in [2.05, 4.69) is 5.32 Å². The van der Waals surface area contributed by atoms with E-state index >= 15 is 0 Å². The Hall–Kier alpha value is -1.39. The molecule has 1 atom stereocenters. The van der Waals surface area contributed by atoms with Gasteiger partial charge in [-0.25, -0.2) is 8.42 Å². The van der Waals surface area contributed by atoms with Crippen molar-refractivity contribution in [2.24, 2.45) is 11.7 Å². The molecule has 1 amide bonds. The third kappa shape index (κ3) is 5.05. The molecule has 1 aromatic carbocycles. The molecule has 0 bridgehead atoms. The monoisotopic (exact) mass is 393 g/mol. The van der Waals surface area contributed by atoms with Crippen LogP contribution < -0.4 is 15.8 Å². The van der Waals surface area contributed by atoms with Crippen molar-refractivity contribution in [3.05, 3.63) is 18.2 Å². The SMILES string of the molecule is COc1ccc(NC(=O)C(C)CN)cc1S(=O)(=O)N1CCOCC1.Cl. The number of carbonyl (C=O) groups excluding carboxylic acids is 1. The van der Waals surface area contributed by atoms with Crippen molar-refractivity contribution in [1.82, 2.24) is 4.31 Å². The van der Waals surface area contributed by atoms with E-state index in [9.17, 15) is 13.2 Å². The highest BCUT2D eigenvalue weighted by atomic mass is 35.5. The largest absolute Gasteiger partial charge is 0.495 e. The molecule has 142 valence electrons. The van der Waals surface area contributed by atoms with Gasteiger partial charge in [0.1, 0.15) is 10.6 Å². The molecule has 1 aromatic rings. The van der Waals surface area contributed by atoms with Gasteiger partial charge in [0.05, 0.1) is 20.3 Å². The Kier molecular flexibility index (Phi) is 8.10. The number of hydrogen-bond acceptors (Lipinski definition) is 6. The number of benzene rings is 1. The highest BCUT2D eigenvalue weighted by molar-refractivity contribution is 7.89. The smallest absolute Gasteiger partial charge is 0.246 e. The van der Waals surface area contributed by atoms with Gasteiger partial charge in [0, 0.05) is 31.2 Å². The van der Waals surface area contributed by atoms with Crippen LogP contribution in [0.4, 0.5) is 5.69 Å². The van der Waals surface area contributed by atoms with Crippen LogP contribution in [0.15, 0.2) is 23.1 Å². The number of morpholine rings is 1. The number of methoxy groups -OCH3 is 1. The first-order valence-corrected chi connectivity index (χ1v) is 9.11. The normalized spacial score (nSPS) is 16.6. The van der Waals surface area contributed by atoms with Crippen molar-refractivity contribution < 1.29 is 22.7 Å². The van der Waals surface area contributed by atoms with E-state index in [1.54, 1.807) is 13.0 Å². The lowest BCUT2D eigenvalue weighted by atomic mass is 10.1. The van der Waals surface area contributed by atoms with Gasteiger partial charge in [0.15, 0.2) is 0 Å². The number of anilines is 1. The van der Waals surface area contributed by atoms with Gasteiger partial charge in [-0.3, -0.25) is 4.79 Å². The number of ether oxygens (including phenoxy) is 2. The molecule has 0 aliphatic carbocycles. The van der Waals surface area contributed by atoms with E-state index in [0.717, 1.165) is 0 Å². The molecule has 1 unspecified atom stereocenters. The molecular weight excluding hydrogens is 370 g/mol. The molecule has 0 radical (unpaired) electrons. The molecular formula is C15H24ClN3O5S. The van der Waals surface area contributed by atoms with Crippen molar-refractivity contribution in [3.8, 4) is 5.75 Å². The minimum atomic E-state index is -3.74. The second-order valence-electron chi connectivity index (χ2n) is 5.51. The van der Waals surface area contributed by atoms with Gasteiger partial charge in [0.25, 0.3) is 0 Å². The van der Waals surface area contributed by atoms with Crippen molar-refractivity contribution in [2.45, 2.75) is 11.8 Å². The van der Waals surface area contributed by atoms with E-state index in [0.29, 0.717) is 18.9 Å². The number of nitrogens with one attached hydrogen (secondary N) is 1. The van der Waals surface area contributed by atoms with E-state index in [1.165, 1.54) is 23.5 Å². The van der Waals surface area contributed by atoms with Gasteiger partial charge in [0.2, 0.25) is 15.9 Å². The molecule has 25 heavy (non-hydrogen) atoms. The summed E-state index contributed by atoms with van der Waals surface area (Å²) >= 11 is 0. The minimum Gasteiger partial charge on any atom is -0.495 e. The third-order valence-electron chi connectivity index (χ3n) is 3.82. The summed E-state index contributed by atoms with van der Waals surface area (Å²) in [5.41, 5.74) is 5.86. The molecule has 10 heteroatoms. The van der Waals surface area contributed by atoms with Crippen LogP contribution in [0.5, 0.6) is 5.75 Å². The number of nitrogens with two attached hydrogens (primary N) is 1. The molecule has 1 aliphatic rings. The summed E-state index contributed by atoms with van der Waals surface area (Å²) < 4.78 is 37.4. The first-order valence-electron chi connectivity index (χ1n) is 7.67. The highest BCUT2D eigenvalue weighted by Gasteiger charge is 2.29. The zero-order valence-corrected chi connectivity index (χ0v) is 15.9. The molecule has 0 spiro atoms. The van der Waals surface area contributed by atoms with Crippen LogP contribution in [0.2, 0.25) is 0 Å². The number of amides is 1. The van der Waals surface area contributed by atoms with E-state index in [-0.39, 0.29) is 54.5 Å². The lowest BCUT2D eigenvalue weighted by Crippen LogP contribution is -2.40. The Bertz CT molecular complexity index is 692. The molecule has 0 aromatic heterocycles. The molecule has 1 fully saturated rings. The van der Waals surface area contributed by atoms with Crippen molar-refractivity contribution >= 4 is 34.0 Å². The Morgan fingerprint density at radius 2 is 2.04 bits per heavy atom. The standard InChI is InChI=1S/C15H23N3O5S.ClH/c1-11(10-16)15(19)17-12-3-4-13(22-2)14(9-12)24(20,21)18-5-7-23-8-6-18;/h3-4,9,11H,5-8,10,16H2,1-2H3,(H,17,19);1H. The summed E-state index contributed by atoms with van der Waals surface area (Å²) in [6.45, 7) is 3.18. The molecule has 1 heterocycles. The highest BCUT2D eigenvalue weighted by Crippen LogP contribution is 2.30. The van der Waals surface area contributed by atoms with Crippen molar-refractivity contribution in [3.63, 3.8) is 0 Å². The number of carbonyl (C=O) groups is 1. The fraction of sp³-hybridized carbons (Fsp3) is 0.533. The second kappa shape index (κ2) is 9.35. The van der Waals surface area contributed by atoms with E-state index < -0.39 is 10.0 Å². The summed E-state index contributed by atoms with van der Waals surface area (Å²) in [5, 5.41) is 2.68. The molecule has 8 nitrogen and oxygen atoms in total. The predicted molar refractivity (Wildman–Crippen MR) is 96.7 cm³/mol. The quantitative estimate of drug-likeness (QED) is 0.734.